The van der Waals surface area contributed by atoms with Gasteiger partial charge >= 0.3 is 0 Å². The van der Waals surface area contributed by atoms with Gasteiger partial charge in [0.05, 0.1) is 17.9 Å². The van der Waals surface area contributed by atoms with Crippen LogP contribution in [0.2, 0.25) is 0 Å². The van der Waals surface area contributed by atoms with Crippen LogP contribution >= 0.6 is 0 Å². The van der Waals surface area contributed by atoms with Crippen LogP contribution in [0.25, 0.3) is 5.69 Å². The Hall–Kier alpha value is -2.63. The number of nitrogens with zero attached hydrogens (tertiary/aromatic N) is 5. The summed E-state index contributed by atoms with van der Waals surface area (Å²) in [5.74, 6) is 1.73. The first-order valence-corrected chi connectivity index (χ1v) is 7.53. The van der Waals surface area contributed by atoms with Crippen molar-refractivity contribution >= 4 is 5.95 Å². The van der Waals surface area contributed by atoms with Gasteiger partial charge in [0.2, 0.25) is 5.95 Å². The molecule has 0 saturated carbocycles. The van der Waals surface area contributed by atoms with Crippen molar-refractivity contribution in [1.82, 2.24) is 24.5 Å². The molecule has 2 N–H and O–H groups in total. The molecule has 0 radical (unpaired) electrons. The van der Waals surface area contributed by atoms with Crippen LogP contribution in [0.4, 0.5) is 5.95 Å². The van der Waals surface area contributed by atoms with Gasteiger partial charge in [0.15, 0.2) is 0 Å². The maximum atomic E-state index is 5.73. The number of anilines is 1. The zero-order chi connectivity index (χ0) is 15.1. The van der Waals surface area contributed by atoms with Crippen LogP contribution in [0.3, 0.4) is 0 Å². The molecule has 0 saturated heterocycles. The predicted molar refractivity (Wildman–Crippen MR) is 83.8 cm³/mol. The Morgan fingerprint density at radius 1 is 1.23 bits per heavy atom. The number of nitrogens with two attached hydrogens (primary N) is 1. The van der Waals surface area contributed by atoms with Gasteiger partial charge in [0.1, 0.15) is 5.82 Å². The molecule has 1 aromatic carbocycles. The lowest BCUT2D eigenvalue weighted by Crippen LogP contribution is -2.24. The number of hydrogen-bond acceptors (Lipinski definition) is 4. The van der Waals surface area contributed by atoms with E-state index in [4.69, 9.17) is 5.73 Å². The minimum absolute atomic E-state index is 0.238. The molecule has 0 bridgehead atoms. The van der Waals surface area contributed by atoms with Crippen molar-refractivity contribution in [2.24, 2.45) is 0 Å². The molecule has 2 atom stereocenters. The van der Waals surface area contributed by atoms with Crippen LogP contribution < -0.4 is 5.73 Å². The monoisotopic (exact) mass is 294 g/mol. The van der Waals surface area contributed by atoms with E-state index in [0.29, 0.717) is 11.9 Å². The number of aryl methyl sites for hydroxylation is 1. The lowest BCUT2D eigenvalue weighted by atomic mass is 9.87. The number of nitrogen functional groups attached to an aromatic ring is 1. The summed E-state index contributed by atoms with van der Waals surface area (Å²) >= 11 is 0. The van der Waals surface area contributed by atoms with Crippen molar-refractivity contribution in [2.75, 3.05) is 5.73 Å². The minimum Gasteiger partial charge on any atom is -0.366 e. The molecular weight excluding hydrogens is 276 g/mol. The summed E-state index contributed by atoms with van der Waals surface area (Å²) in [6, 6.07) is 10.4. The van der Waals surface area contributed by atoms with Crippen LogP contribution in [-0.2, 0) is 6.42 Å². The Morgan fingerprint density at radius 2 is 2.05 bits per heavy atom. The summed E-state index contributed by atoms with van der Waals surface area (Å²) in [4.78, 5) is 4.29. The molecule has 2 unspecified atom stereocenters. The number of para-hydroxylation sites is 1. The Labute approximate surface area is 128 Å². The first-order valence-electron chi connectivity index (χ1n) is 7.53. The van der Waals surface area contributed by atoms with Gasteiger partial charge in [-0.25, -0.2) is 9.36 Å². The van der Waals surface area contributed by atoms with Gasteiger partial charge in [-0.15, -0.1) is 5.10 Å². The molecule has 0 spiro atoms. The van der Waals surface area contributed by atoms with Gasteiger partial charge in [0, 0.05) is 18.5 Å². The molecule has 4 rings (SSSR count). The third-order valence-electron chi connectivity index (χ3n) is 4.42. The van der Waals surface area contributed by atoms with E-state index in [1.54, 1.807) is 0 Å². The molecule has 0 aliphatic carbocycles. The Kier molecular flexibility index (Phi) is 2.96. The van der Waals surface area contributed by atoms with Gasteiger partial charge < -0.3 is 5.73 Å². The van der Waals surface area contributed by atoms with Crippen molar-refractivity contribution < 1.29 is 0 Å². The second-order valence-corrected chi connectivity index (χ2v) is 5.77. The number of fused-ring (bicyclic) bond motifs is 1. The number of rotatable bonds is 2. The molecule has 112 valence electrons. The average Bonchev–Trinajstić information content (AvgIpc) is 3.15. The van der Waals surface area contributed by atoms with Crippen molar-refractivity contribution in [1.29, 1.82) is 0 Å². The zero-order valence-corrected chi connectivity index (χ0v) is 12.4. The molecular formula is C16H18N6. The van der Waals surface area contributed by atoms with E-state index in [-0.39, 0.29) is 6.04 Å². The molecule has 0 amide bonds. The van der Waals surface area contributed by atoms with Crippen LogP contribution in [0.1, 0.15) is 36.7 Å². The minimum atomic E-state index is 0.238. The Morgan fingerprint density at radius 3 is 2.86 bits per heavy atom. The van der Waals surface area contributed by atoms with E-state index >= 15 is 0 Å². The van der Waals surface area contributed by atoms with Crippen LogP contribution in [0.5, 0.6) is 0 Å². The molecule has 2 aromatic heterocycles. The largest absolute Gasteiger partial charge is 0.366 e. The van der Waals surface area contributed by atoms with E-state index in [0.717, 1.165) is 24.4 Å². The lowest BCUT2D eigenvalue weighted by molar-refractivity contribution is 0.338. The summed E-state index contributed by atoms with van der Waals surface area (Å²) in [6.45, 7) is 2.17. The number of benzene rings is 1. The van der Waals surface area contributed by atoms with Gasteiger partial charge in [-0.3, -0.25) is 0 Å². The average molecular weight is 294 g/mol. The summed E-state index contributed by atoms with van der Waals surface area (Å²) in [5, 5.41) is 8.83. The van der Waals surface area contributed by atoms with Gasteiger partial charge in [0.25, 0.3) is 0 Å². The summed E-state index contributed by atoms with van der Waals surface area (Å²) in [5.41, 5.74) is 8.03. The first-order chi connectivity index (χ1) is 10.7. The molecule has 6 heteroatoms. The fraction of sp³-hybridized carbons (Fsp3) is 0.312. The van der Waals surface area contributed by atoms with Gasteiger partial charge in [-0.2, -0.15) is 10.1 Å². The molecule has 22 heavy (non-hydrogen) atoms. The number of hydrogen-bond donors (Lipinski definition) is 1. The van der Waals surface area contributed by atoms with Crippen LogP contribution in [0, 0.1) is 0 Å². The first kappa shape index (κ1) is 13.1. The quantitative estimate of drug-likeness (QED) is 0.787. The highest BCUT2D eigenvalue weighted by molar-refractivity contribution is 5.32. The molecule has 6 nitrogen and oxygen atoms in total. The molecule has 3 heterocycles. The normalized spacial score (nSPS) is 20.8. The summed E-state index contributed by atoms with van der Waals surface area (Å²) in [7, 11) is 0. The Bertz CT molecular complexity index is 788. The molecule has 0 fully saturated rings. The van der Waals surface area contributed by atoms with E-state index in [1.807, 2.05) is 33.8 Å². The van der Waals surface area contributed by atoms with E-state index in [2.05, 4.69) is 40.4 Å². The highest BCUT2D eigenvalue weighted by Crippen LogP contribution is 2.37. The van der Waals surface area contributed by atoms with E-state index in [9.17, 15) is 0 Å². The molecule has 1 aliphatic rings. The van der Waals surface area contributed by atoms with Crippen LogP contribution in [0.15, 0.2) is 42.7 Å². The van der Waals surface area contributed by atoms with Crippen molar-refractivity contribution in [2.45, 2.75) is 31.7 Å². The second kappa shape index (κ2) is 4.98. The number of aromatic nitrogens is 5. The van der Waals surface area contributed by atoms with E-state index in [1.165, 1.54) is 5.56 Å². The third kappa shape index (κ3) is 2.07. The third-order valence-corrected chi connectivity index (χ3v) is 4.42. The fourth-order valence-corrected chi connectivity index (χ4v) is 3.26. The van der Waals surface area contributed by atoms with Gasteiger partial charge in [-0.05, 0) is 31.0 Å². The van der Waals surface area contributed by atoms with E-state index < -0.39 is 0 Å². The van der Waals surface area contributed by atoms with Crippen molar-refractivity contribution in [3.63, 3.8) is 0 Å². The highest BCUT2D eigenvalue weighted by atomic mass is 15.4. The SMILES string of the molecule is CC1C(c2cnn(-c3ccccc3)c2)CCc2nc(N)nn21. The zero-order valence-electron chi connectivity index (χ0n) is 12.4. The summed E-state index contributed by atoms with van der Waals surface area (Å²) < 4.78 is 3.89. The van der Waals surface area contributed by atoms with Gasteiger partial charge in [-0.1, -0.05) is 18.2 Å². The van der Waals surface area contributed by atoms with Crippen molar-refractivity contribution in [3.05, 3.63) is 54.1 Å². The van der Waals surface area contributed by atoms with Crippen LogP contribution in [-0.4, -0.2) is 24.5 Å². The molecule has 1 aliphatic heterocycles. The fourth-order valence-electron chi connectivity index (χ4n) is 3.26. The van der Waals surface area contributed by atoms with Crippen molar-refractivity contribution in [3.8, 4) is 5.69 Å². The predicted octanol–water partition coefficient (Wildman–Crippen LogP) is 2.34. The Balaban J connectivity index is 1.65. The highest BCUT2D eigenvalue weighted by Gasteiger charge is 2.30. The molecule has 3 aromatic rings. The standard InChI is InChI=1S/C16H18N6/c1-11-14(7-8-15-19-16(17)20-22(11)15)12-9-18-21(10-12)13-5-3-2-4-6-13/h2-6,9-11,14H,7-8H2,1H3,(H2,17,20). The maximum Gasteiger partial charge on any atom is 0.239 e. The maximum absolute atomic E-state index is 5.73. The summed E-state index contributed by atoms with van der Waals surface area (Å²) in [6.07, 6.45) is 6.01. The topological polar surface area (TPSA) is 74.6 Å². The smallest absolute Gasteiger partial charge is 0.239 e. The lowest BCUT2D eigenvalue weighted by Gasteiger charge is -2.28. The second-order valence-electron chi connectivity index (χ2n) is 5.77.